The summed E-state index contributed by atoms with van der Waals surface area (Å²) in [7, 11) is 1.42. The summed E-state index contributed by atoms with van der Waals surface area (Å²) in [6.07, 6.45) is 5.11. The van der Waals surface area contributed by atoms with E-state index in [0.717, 1.165) is 45.2 Å². The zero-order valence-electron chi connectivity index (χ0n) is 13.0. The van der Waals surface area contributed by atoms with Gasteiger partial charge in [0.1, 0.15) is 0 Å². The Morgan fingerprint density at radius 2 is 2.15 bits per heavy atom. The molecule has 5 nitrogen and oxygen atoms in total. The molecule has 1 saturated heterocycles. The van der Waals surface area contributed by atoms with E-state index in [9.17, 15) is 9.59 Å². The third kappa shape index (κ3) is 5.12. The molecular weight excluding hydrogens is 256 g/mol. The largest absolute Gasteiger partial charge is 0.469 e. The first-order valence-corrected chi connectivity index (χ1v) is 7.69. The molecule has 0 aromatic carbocycles. The van der Waals surface area contributed by atoms with Gasteiger partial charge in [-0.25, -0.2) is 0 Å². The molecule has 20 heavy (non-hydrogen) atoms. The predicted molar refractivity (Wildman–Crippen MR) is 78.3 cm³/mol. The molecule has 2 atom stereocenters. The average Bonchev–Trinajstić information content (AvgIpc) is 2.49. The fraction of sp³-hybridized carbons (Fsp3) is 0.867. The number of piperidine rings is 1. The van der Waals surface area contributed by atoms with Crippen molar-refractivity contribution in [3.63, 3.8) is 0 Å². The average molecular weight is 284 g/mol. The molecule has 1 N–H and O–H groups in total. The maximum Gasteiger partial charge on any atom is 0.309 e. The van der Waals surface area contributed by atoms with Crippen molar-refractivity contribution in [2.24, 2.45) is 5.92 Å². The van der Waals surface area contributed by atoms with Crippen molar-refractivity contribution in [1.82, 2.24) is 10.2 Å². The van der Waals surface area contributed by atoms with Gasteiger partial charge in [-0.3, -0.25) is 14.5 Å². The summed E-state index contributed by atoms with van der Waals surface area (Å²) in [4.78, 5) is 25.8. The summed E-state index contributed by atoms with van der Waals surface area (Å²) in [5, 5.41) is 2.98. The number of ether oxygens (including phenoxy) is 1. The van der Waals surface area contributed by atoms with E-state index in [4.69, 9.17) is 4.74 Å². The lowest BCUT2D eigenvalue weighted by atomic mass is 9.97. The third-order valence-electron chi connectivity index (χ3n) is 3.99. The predicted octanol–water partition coefficient (Wildman–Crippen LogP) is 1.57. The molecule has 1 unspecified atom stereocenters. The van der Waals surface area contributed by atoms with Crippen LogP contribution in [0, 0.1) is 5.92 Å². The lowest BCUT2D eigenvalue weighted by molar-refractivity contribution is -0.148. The van der Waals surface area contributed by atoms with Gasteiger partial charge in [-0.2, -0.15) is 0 Å². The minimum atomic E-state index is -0.177. The number of methoxy groups -OCH3 is 1. The van der Waals surface area contributed by atoms with Crippen LogP contribution in [0.5, 0.6) is 0 Å². The Balaban J connectivity index is 2.39. The molecule has 5 heteroatoms. The molecule has 0 aromatic heterocycles. The number of esters is 1. The van der Waals surface area contributed by atoms with Crippen molar-refractivity contribution in [2.75, 3.05) is 26.7 Å². The maximum absolute atomic E-state index is 12.1. The zero-order chi connectivity index (χ0) is 15.0. The van der Waals surface area contributed by atoms with Gasteiger partial charge >= 0.3 is 5.97 Å². The molecule has 0 aliphatic carbocycles. The van der Waals surface area contributed by atoms with Crippen LogP contribution in [0.3, 0.4) is 0 Å². The molecule has 0 radical (unpaired) electrons. The zero-order valence-corrected chi connectivity index (χ0v) is 13.0. The molecule has 1 rings (SSSR count). The monoisotopic (exact) mass is 284 g/mol. The van der Waals surface area contributed by atoms with Crippen LogP contribution in [0.2, 0.25) is 0 Å². The van der Waals surface area contributed by atoms with E-state index in [2.05, 4.69) is 17.1 Å². The van der Waals surface area contributed by atoms with Gasteiger partial charge in [0.15, 0.2) is 0 Å². The molecule has 0 saturated carbocycles. The van der Waals surface area contributed by atoms with Crippen LogP contribution in [-0.4, -0.2) is 49.6 Å². The third-order valence-corrected chi connectivity index (χ3v) is 3.99. The molecular formula is C15H28N2O3. The number of amides is 1. The first-order chi connectivity index (χ1) is 9.60. The van der Waals surface area contributed by atoms with Crippen molar-refractivity contribution in [3.05, 3.63) is 0 Å². The van der Waals surface area contributed by atoms with Crippen molar-refractivity contribution in [3.8, 4) is 0 Å². The van der Waals surface area contributed by atoms with Crippen LogP contribution < -0.4 is 5.32 Å². The Kier molecular flexibility index (Phi) is 7.59. The standard InChI is InChI=1S/C15H28N2O3/c1-4-5-6-9-16-14(18)12(2)17-10-7-8-13(11-17)15(19)20-3/h12-13H,4-11H2,1-3H3,(H,16,18)/t12?,13-/m0/s1. The number of unbranched alkanes of at least 4 members (excludes halogenated alkanes) is 2. The van der Waals surface area contributed by atoms with Crippen LogP contribution in [0.4, 0.5) is 0 Å². The normalized spacial score (nSPS) is 21.2. The summed E-state index contributed by atoms with van der Waals surface area (Å²) in [6, 6.07) is -0.177. The number of nitrogens with zero attached hydrogens (tertiary/aromatic N) is 1. The minimum absolute atomic E-state index is 0.0617. The molecule has 1 fully saturated rings. The fourth-order valence-electron chi connectivity index (χ4n) is 2.62. The highest BCUT2D eigenvalue weighted by molar-refractivity contribution is 5.81. The first kappa shape index (κ1) is 17.0. The second kappa shape index (κ2) is 8.95. The van der Waals surface area contributed by atoms with E-state index in [1.807, 2.05) is 6.92 Å². The van der Waals surface area contributed by atoms with Crippen molar-refractivity contribution >= 4 is 11.9 Å². The number of likely N-dealkylation sites (tertiary alicyclic amines) is 1. The highest BCUT2D eigenvalue weighted by atomic mass is 16.5. The Labute approximate surface area is 122 Å². The van der Waals surface area contributed by atoms with Crippen LogP contribution in [-0.2, 0) is 14.3 Å². The Morgan fingerprint density at radius 1 is 1.40 bits per heavy atom. The lowest BCUT2D eigenvalue weighted by Gasteiger charge is -2.34. The summed E-state index contributed by atoms with van der Waals surface area (Å²) < 4.78 is 4.80. The van der Waals surface area contributed by atoms with E-state index >= 15 is 0 Å². The second-order valence-corrected chi connectivity index (χ2v) is 5.53. The van der Waals surface area contributed by atoms with Crippen LogP contribution in [0.15, 0.2) is 0 Å². The van der Waals surface area contributed by atoms with Crippen molar-refractivity contribution in [1.29, 1.82) is 0 Å². The van der Waals surface area contributed by atoms with E-state index in [1.54, 1.807) is 0 Å². The number of nitrogens with one attached hydrogen (secondary N) is 1. The Hall–Kier alpha value is -1.10. The summed E-state index contributed by atoms with van der Waals surface area (Å²) in [6.45, 7) is 6.29. The van der Waals surface area contributed by atoms with E-state index in [1.165, 1.54) is 7.11 Å². The molecule has 0 aromatic rings. The summed E-state index contributed by atoms with van der Waals surface area (Å²) in [5.41, 5.74) is 0. The first-order valence-electron chi connectivity index (χ1n) is 7.69. The van der Waals surface area contributed by atoms with Crippen LogP contribution >= 0.6 is 0 Å². The topological polar surface area (TPSA) is 58.6 Å². The summed E-state index contributed by atoms with van der Waals surface area (Å²) >= 11 is 0. The SMILES string of the molecule is CCCCCNC(=O)C(C)N1CCC[C@H](C(=O)OC)C1. The van der Waals surface area contributed by atoms with Gasteiger partial charge in [0.25, 0.3) is 0 Å². The number of carbonyl (C=O) groups excluding carboxylic acids is 2. The highest BCUT2D eigenvalue weighted by Gasteiger charge is 2.31. The number of hydrogen-bond acceptors (Lipinski definition) is 4. The smallest absolute Gasteiger partial charge is 0.309 e. The van der Waals surface area contributed by atoms with Crippen LogP contribution in [0.1, 0.15) is 46.0 Å². The van der Waals surface area contributed by atoms with Gasteiger partial charge in [-0.1, -0.05) is 19.8 Å². The molecule has 116 valence electrons. The molecule has 1 aliphatic rings. The van der Waals surface area contributed by atoms with Gasteiger partial charge in [0.05, 0.1) is 19.1 Å². The van der Waals surface area contributed by atoms with Crippen molar-refractivity contribution in [2.45, 2.75) is 52.0 Å². The van der Waals surface area contributed by atoms with E-state index < -0.39 is 0 Å². The van der Waals surface area contributed by atoms with Crippen LogP contribution in [0.25, 0.3) is 0 Å². The number of rotatable bonds is 7. The highest BCUT2D eigenvalue weighted by Crippen LogP contribution is 2.19. The molecule has 0 spiro atoms. The van der Waals surface area contributed by atoms with Gasteiger partial charge in [-0.05, 0) is 32.7 Å². The molecule has 1 aliphatic heterocycles. The van der Waals surface area contributed by atoms with Gasteiger partial charge in [0.2, 0.25) is 5.91 Å². The van der Waals surface area contributed by atoms with Gasteiger partial charge < -0.3 is 10.1 Å². The quantitative estimate of drug-likeness (QED) is 0.569. The fourth-order valence-corrected chi connectivity index (χ4v) is 2.62. The number of hydrogen-bond donors (Lipinski definition) is 1. The molecule has 0 bridgehead atoms. The lowest BCUT2D eigenvalue weighted by Crippen LogP contribution is -2.50. The molecule has 1 amide bonds. The maximum atomic E-state index is 12.1. The number of carbonyl (C=O) groups is 2. The second-order valence-electron chi connectivity index (χ2n) is 5.53. The molecule has 1 heterocycles. The minimum Gasteiger partial charge on any atom is -0.469 e. The Bertz CT molecular complexity index is 320. The summed E-state index contributed by atoms with van der Waals surface area (Å²) in [5.74, 6) is -0.194. The van der Waals surface area contributed by atoms with Gasteiger partial charge in [0, 0.05) is 13.1 Å². The van der Waals surface area contributed by atoms with Crippen molar-refractivity contribution < 1.29 is 14.3 Å². The Morgan fingerprint density at radius 3 is 2.80 bits per heavy atom. The van der Waals surface area contributed by atoms with E-state index in [-0.39, 0.29) is 23.8 Å². The van der Waals surface area contributed by atoms with Gasteiger partial charge in [-0.15, -0.1) is 0 Å². The van der Waals surface area contributed by atoms with E-state index in [0.29, 0.717) is 6.54 Å².